The average Bonchev–Trinajstić information content (AvgIpc) is 2.68. The predicted octanol–water partition coefficient (Wildman–Crippen LogP) is 4.48. The highest BCUT2D eigenvalue weighted by molar-refractivity contribution is 5.92. The highest BCUT2D eigenvalue weighted by atomic mass is 16.1. The zero-order valence-electron chi connectivity index (χ0n) is 15.1. The summed E-state index contributed by atoms with van der Waals surface area (Å²) >= 11 is 0. The highest BCUT2D eigenvalue weighted by Gasteiger charge is 2.11. The first-order valence-electron chi connectivity index (χ1n) is 8.79. The Balaban J connectivity index is 1.70. The lowest BCUT2D eigenvalue weighted by Gasteiger charge is -2.23. The van der Waals surface area contributed by atoms with Crippen LogP contribution in [-0.2, 0) is 6.54 Å². The number of carbonyl (C=O) groups is 1. The maximum Gasteiger partial charge on any atom is 0.270 e. The van der Waals surface area contributed by atoms with Crippen molar-refractivity contribution in [1.29, 1.82) is 0 Å². The SMILES string of the molecule is CCN(c1ccc(C(=O)NCc2ccccc2)nc1)c1cccc(C)c1. The van der Waals surface area contributed by atoms with Crippen LogP contribution in [0.25, 0.3) is 0 Å². The van der Waals surface area contributed by atoms with Crippen LogP contribution in [0.1, 0.15) is 28.5 Å². The van der Waals surface area contributed by atoms with Crippen molar-refractivity contribution in [1.82, 2.24) is 10.3 Å². The van der Waals surface area contributed by atoms with Crippen LogP contribution in [0, 0.1) is 6.92 Å². The molecule has 0 atom stereocenters. The van der Waals surface area contributed by atoms with Crippen LogP contribution >= 0.6 is 0 Å². The van der Waals surface area contributed by atoms with Crippen LogP contribution in [0.5, 0.6) is 0 Å². The Morgan fingerprint density at radius 1 is 1.00 bits per heavy atom. The largest absolute Gasteiger partial charge is 0.347 e. The van der Waals surface area contributed by atoms with Gasteiger partial charge in [0.2, 0.25) is 0 Å². The van der Waals surface area contributed by atoms with Crippen molar-refractivity contribution in [2.75, 3.05) is 11.4 Å². The first-order chi connectivity index (χ1) is 12.7. The Hall–Kier alpha value is -3.14. The van der Waals surface area contributed by atoms with E-state index in [0.717, 1.165) is 23.5 Å². The van der Waals surface area contributed by atoms with E-state index in [9.17, 15) is 4.79 Å². The number of hydrogen-bond donors (Lipinski definition) is 1. The van der Waals surface area contributed by atoms with Gasteiger partial charge >= 0.3 is 0 Å². The van der Waals surface area contributed by atoms with Crippen LogP contribution in [0.3, 0.4) is 0 Å². The van der Waals surface area contributed by atoms with Crippen molar-refractivity contribution in [2.24, 2.45) is 0 Å². The summed E-state index contributed by atoms with van der Waals surface area (Å²) in [6.07, 6.45) is 1.75. The lowest BCUT2D eigenvalue weighted by Crippen LogP contribution is -2.24. The second kappa shape index (κ2) is 8.30. The summed E-state index contributed by atoms with van der Waals surface area (Å²) in [6, 6.07) is 21.9. The maximum atomic E-state index is 12.3. The van der Waals surface area contributed by atoms with Gasteiger partial charge < -0.3 is 10.2 Å². The van der Waals surface area contributed by atoms with E-state index in [2.05, 4.69) is 47.2 Å². The van der Waals surface area contributed by atoms with Crippen LogP contribution in [0.2, 0.25) is 0 Å². The molecule has 1 amide bonds. The van der Waals surface area contributed by atoms with Crippen LogP contribution < -0.4 is 10.2 Å². The van der Waals surface area contributed by atoms with Gasteiger partial charge in [-0.1, -0.05) is 42.5 Å². The van der Waals surface area contributed by atoms with Crippen LogP contribution in [0.4, 0.5) is 11.4 Å². The van der Waals surface area contributed by atoms with Crippen molar-refractivity contribution in [2.45, 2.75) is 20.4 Å². The zero-order valence-corrected chi connectivity index (χ0v) is 15.1. The van der Waals surface area contributed by atoms with E-state index in [1.807, 2.05) is 42.5 Å². The number of carbonyl (C=O) groups excluding carboxylic acids is 1. The lowest BCUT2D eigenvalue weighted by molar-refractivity contribution is 0.0946. The van der Waals surface area contributed by atoms with Crippen molar-refractivity contribution >= 4 is 17.3 Å². The fraction of sp³-hybridized carbons (Fsp3) is 0.182. The zero-order chi connectivity index (χ0) is 18.4. The summed E-state index contributed by atoms with van der Waals surface area (Å²) in [5.41, 5.74) is 4.79. The molecule has 3 aromatic rings. The lowest BCUT2D eigenvalue weighted by atomic mass is 10.2. The van der Waals surface area contributed by atoms with Crippen molar-refractivity contribution in [3.05, 3.63) is 89.7 Å². The number of nitrogens with one attached hydrogen (secondary N) is 1. The molecule has 4 heteroatoms. The third-order valence-corrected chi connectivity index (χ3v) is 4.22. The Morgan fingerprint density at radius 3 is 2.46 bits per heavy atom. The molecule has 0 saturated heterocycles. The number of rotatable bonds is 6. The smallest absolute Gasteiger partial charge is 0.270 e. The number of amides is 1. The van der Waals surface area contributed by atoms with E-state index < -0.39 is 0 Å². The van der Waals surface area contributed by atoms with Crippen LogP contribution in [-0.4, -0.2) is 17.4 Å². The summed E-state index contributed by atoms with van der Waals surface area (Å²) in [4.78, 5) is 18.8. The molecule has 0 bridgehead atoms. The molecular weight excluding hydrogens is 322 g/mol. The normalized spacial score (nSPS) is 10.4. The first kappa shape index (κ1) is 17.7. The van der Waals surface area contributed by atoms with E-state index in [1.54, 1.807) is 12.3 Å². The van der Waals surface area contributed by atoms with E-state index >= 15 is 0 Å². The number of benzene rings is 2. The molecule has 0 saturated carbocycles. The quantitative estimate of drug-likeness (QED) is 0.716. The van der Waals surface area contributed by atoms with Gasteiger partial charge in [0.15, 0.2) is 0 Å². The second-order valence-electron chi connectivity index (χ2n) is 6.15. The Bertz CT molecular complexity index is 860. The van der Waals surface area contributed by atoms with Gasteiger partial charge in [-0.2, -0.15) is 0 Å². The van der Waals surface area contributed by atoms with Crippen LogP contribution in [0.15, 0.2) is 72.9 Å². The third kappa shape index (κ3) is 4.28. The van der Waals surface area contributed by atoms with Gasteiger partial charge in [-0.25, -0.2) is 4.98 Å². The molecule has 1 N–H and O–H groups in total. The summed E-state index contributed by atoms with van der Waals surface area (Å²) in [6.45, 7) is 5.50. The van der Waals surface area contributed by atoms with Crippen molar-refractivity contribution < 1.29 is 4.79 Å². The highest BCUT2D eigenvalue weighted by Crippen LogP contribution is 2.25. The van der Waals surface area contributed by atoms with Gasteiger partial charge in [-0.05, 0) is 49.2 Å². The van der Waals surface area contributed by atoms with E-state index in [4.69, 9.17) is 0 Å². The van der Waals surface area contributed by atoms with Gasteiger partial charge in [0, 0.05) is 18.8 Å². The molecule has 132 valence electrons. The molecule has 1 aromatic heterocycles. The minimum Gasteiger partial charge on any atom is -0.347 e. The van der Waals surface area contributed by atoms with Crippen molar-refractivity contribution in [3.8, 4) is 0 Å². The van der Waals surface area contributed by atoms with Gasteiger partial charge in [-0.3, -0.25) is 4.79 Å². The molecule has 1 heterocycles. The first-order valence-corrected chi connectivity index (χ1v) is 8.79. The molecule has 4 nitrogen and oxygen atoms in total. The molecule has 0 radical (unpaired) electrons. The Morgan fingerprint density at radius 2 is 1.81 bits per heavy atom. The van der Waals surface area contributed by atoms with Gasteiger partial charge in [-0.15, -0.1) is 0 Å². The Labute approximate surface area is 154 Å². The topological polar surface area (TPSA) is 45.2 Å². The minimum absolute atomic E-state index is 0.168. The second-order valence-corrected chi connectivity index (χ2v) is 6.15. The molecule has 0 aliphatic heterocycles. The molecule has 0 aliphatic rings. The summed E-state index contributed by atoms with van der Waals surface area (Å²) in [5.74, 6) is -0.168. The van der Waals surface area contributed by atoms with E-state index in [0.29, 0.717) is 12.2 Å². The van der Waals surface area contributed by atoms with E-state index in [-0.39, 0.29) is 5.91 Å². The summed E-state index contributed by atoms with van der Waals surface area (Å²) < 4.78 is 0. The van der Waals surface area contributed by atoms with Gasteiger partial charge in [0.1, 0.15) is 5.69 Å². The summed E-state index contributed by atoms with van der Waals surface area (Å²) in [5, 5.41) is 2.90. The monoisotopic (exact) mass is 345 g/mol. The number of nitrogens with zero attached hydrogens (tertiary/aromatic N) is 2. The van der Waals surface area contributed by atoms with E-state index in [1.165, 1.54) is 5.56 Å². The summed E-state index contributed by atoms with van der Waals surface area (Å²) in [7, 11) is 0. The third-order valence-electron chi connectivity index (χ3n) is 4.22. The molecule has 3 rings (SSSR count). The van der Waals surface area contributed by atoms with Crippen molar-refractivity contribution in [3.63, 3.8) is 0 Å². The molecule has 0 spiro atoms. The molecule has 0 aliphatic carbocycles. The fourth-order valence-corrected chi connectivity index (χ4v) is 2.86. The average molecular weight is 345 g/mol. The number of anilines is 2. The standard InChI is InChI=1S/C22H23N3O/c1-3-25(19-11-7-8-17(2)14-19)20-12-13-21(23-16-20)22(26)24-15-18-9-5-4-6-10-18/h4-14,16H,3,15H2,1-2H3,(H,24,26). The molecule has 0 unspecified atom stereocenters. The number of aryl methyl sites for hydroxylation is 1. The minimum atomic E-state index is -0.168. The number of aromatic nitrogens is 1. The Kier molecular flexibility index (Phi) is 5.64. The molecule has 0 fully saturated rings. The van der Waals surface area contributed by atoms with Gasteiger partial charge in [0.25, 0.3) is 5.91 Å². The molecule has 2 aromatic carbocycles. The molecule has 26 heavy (non-hydrogen) atoms. The fourth-order valence-electron chi connectivity index (χ4n) is 2.86. The number of hydrogen-bond acceptors (Lipinski definition) is 3. The maximum absolute atomic E-state index is 12.3. The van der Waals surface area contributed by atoms with Gasteiger partial charge in [0.05, 0.1) is 11.9 Å². The molecular formula is C22H23N3O. The predicted molar refractivity (Wildman–Crippen MR) is 106 cm³/mol. The number of pyridine rings is 1.